The van der Waals surface area contributed by atoms with E-state index in [1.54, 1.807) is 12.1 Å². The average Bonchev–Trinajstić information content (AvgIpc) is 2.47. The van der Waals surface area contributed by atoms with Gasteiger partial charge in [0.05, 0.1) is 19.8 Å². The van der Waals surface area contributed by atoms with Gasteiger partial charge in [-0.05, 0) is 24.6 Å². The molecular formula is C13H20N2O4S. The van der Waals surface area contributed by atoms with E-state index < -0.39 is 10.0 Å². The van der Waals surface area contributed by atoms with Crippen LogP contribution in [0.5, 0.6) is 5.75 Å². The van der Waals surface area contributed by atoms with Crippen molar-refractivity contribution < 1.29 is 17.9 Å². The first-order chi connectivity index (χ1) is 9.48. The van der Waals surface area contributed by atoms with Crippen LogP contribution >= 0.6 is 0 Å². The lowest BCUT2D eigenvalue weighted by Gasteiger charge is -2.31. The quantitative estimate of drug-likeness (QED) is 0.868. The summed E-state index contributed by atoms with van der Waals surface area (Å²) in [6.45, 7) is 3.11. The van der Waals surface area contributed by atoms with Gasteiger partial charge in [-0.25, -0.2) is 8.42 Å². The maximum absolute atomic E-state index is 12.7. The van der Waals surface area contributed by atoms with Gasteiger partial charge in [0, 0.05) is 19.6 Å². The van der Waals surface area contributed by atoms with Crippen molar-refractivity contribution in [3.63, 3.8) is 0 Å². The lowest BCUT2D eigenvalue weighted by molar-refractivity contribution is 0.00447. The Bertz CT molecular complexity index is 574. The van der Waals surface area contributed by atoms with Crippen LogP contribution in [0.25, 0.3) is 0 Å². The number of aryl methyl sites for hydroxylation is 1. The van der Waals surface area contributed by atoms with Crippen LogP contribution < -0.4 is 10.5 Å². The molecule has 1 saturated heterocycles. The molecule has 0 aromatic heterocycles. The maximum Gasteiger partial charge on any atom is 0.246 e. The molecule has 1 aromatic carbocycles. The third kappa shape index (κ3) is 2.95. The number of nitrogens with zero attached hydrogens (tertiary/aromatic N) is 1. The Morgan fingerprint density at radius 1 is 1.50 bits per heavy atom. The summed E-state index contributed by atoms with van der Waals surface area (Å²) in [5.41, 5.74) is 6.42. The Morgan fingerprint density at radius 3 is 2.90 bits per heavy atom. The second-order valence-electron chi connectivity index (χ2n) is 4.75. The SMILES string of the molecule is COc1ccc(C)cc1S(=O)(=O)N1CCOC(CN)C1. The largest absolute Gasteiger partial charge is 0.495 e. The monoisotopic (exact) mass is 300 g/mol. The van der Waals surface area contributed by atoms with Crippen LogP contribution in [0.15, 0.2) is 23.1 Å². The van der Waals surface area contributed by atoms with Crippen LogP contribution in [-0.2, 0) is 14.8 Å². The van der Waals surface area contributed by atoms with E-state index in [1.807, 2.05) is 13.0 Å². The molecule has 1 fully saturated rings. The molecule has 0 aliphatic carbocycles. The molecule has 2 N–H and O–H groups in total. The first-order valence-corrected chi connectivity index (χ1v) is 7.89. The summed E-state index contributed by atoms with van der Waals surface area (Å²) >= 11 is 0. The summed E-state index contributed by atoms with van der Waals surface area (Å²) in [5.74, 6) is 0.353. The second kappa shape index (κ2) is 6.09. The van der Waals surface area contributed by atoms with Crippen molar-refractivity contribution in [3.05, 3.63) is 23.8 Å². The zero-order valence-electron chi connectivity index (χ0n) is 11.7. The second-order valence-corrected chi connectivity index (χ2v) is 6.65. The van der Waals surface area contributed by atoms with Crippen LogP contribution in [0.2, 0.25) is 0 Å². The number of ether oxygens (including phenoxy) is 2. The fraction of sp³-hybridized carbons (Fsp3) is 0.538. The van der Waals surface area contributed by atoms with Crippen LogP contribution in [0.4, 0.5) is 0 Å². The van der Waals surface area contributed by atoms with E-state index in [4.69, 9.17) is 15.2 Å². The van der Waals surface area contributed by atoms with Gasteiger partial charge in [0.1, 0.15) is 10.6 Å². The van der Waals surface area contributed by atoms with Gasteiger partial charge in [-0.3, -0.25) is 0 Å². The Hall–Kier alpha value is -1.15. The minimum absolute atomic E-state index is 0.192. The number of morpholine rings is 1. The van der Waals surface area contributed by atoms with Gasteiger partial charge in [0.25, 0.3) is 0 Å². The molecule has 1 atom stereocenters. The number of nitrogens with two attached hydrogens (primary N) is 1. The standard InChI is InChI=1S/C13H20N2O4S/c1-10-3-4-12(18-2)13(7-10)20(16,17)15-5-6-19-11(8-14)9-15/h3-4,7,11H,5-6,8-9,14H2,1-2H3. The zero-order chi connectivity index (χ0) is 14.8. The van der Waals surface area contributed by atoms with Crippen molar-refractivity contribution in [2.24, 2.45) is 5.73 Å². The number of hydrogen-bond donors (Lipinski definition) is 1. The highest BCUT2D eigenvalue weighted by molar-refractivity contribution is 7.89. The third-order valence-corrected chi connectivity index (χ3v) is 5.19. The van der Waals surface area contributed by atoms with Crippen molar-refractivity contribution in [2.75, 3.05) is 33.4 Å². The molecule has 0 spiro atoms. The maximum atomic E-state index is 12.7. The van der Waals surface area contributed by atoms with Crippen LogP contribution in [0.3, 0.4) is 0 Å². The number of rotatable bonds is 4. The molecule has 0 saturated carbocycles. The van der Waals surface area contributed by atoms with Gasteiger partial charge in [0.15, 0.2) is 0 Å². The number of hydrogen-bond acceptors (Lipinski definition) is 5. The normalized spacial score (nSPS) is 20.9. The van der Waals surface area contributed by atoms with Gasteiger partial charge >= 0.3 is 0 Å². The van der Waals surface area contributed by atoms with Gasteiger partial charge in [0.2, 0.25) is 10.0 Å². The molecule has 0 amide bonds. The molecule has 1 aliphatic heterocycles. The third-order valence-electron chi connectivity index (χ3n) is 3.30. The fourth-order valence-corrected chi connectivity index (χ4v) is 3.87. The predicted molar refractivity (Wildman–Crippen MR) is 75.3 cm³/mol. The molecule has 1 aromatic rings. The Morgan fingerprint density at radius 2 is 2.25 bits per heavy atom. The number of benzene rings is 1. The van der Waals surface area contributed by atoms with Crippen molar-refractivity contribution in [1.82, 2.24) is 4.31 Å². The summed E-state index contributed by atoms with van der Waals surface area (Å²) in [4.78, 5) is 0.192. The zero-order valence-corrected chi connectivity index (χ0v) is 12.5. The van der Waals surface area contributed by atoms with Gasteiger partial charge in [-0.2, -0.15) is 4.31 Å². The van der Waals surface area contributed by atoms with Crippen LogP contribution in [0.1, 0.15) is 5.56 Å². The van der Waals surface area contributed by atoms with Crippen molar-refractivity contribution in [2.45, 2.75) is 17.9 Å². The fourth-order valence-electron chi connectivity index (χ4n) is 2.18. The smallest absolute Gasteiger partial charge is 0.246 e. The van der Waals surface area contributed by atoms with E-state index in [1.165, 1.54) is 11.4 Å². The van der Waals surface area contributed by atoms with Crippen molar-refractivity contribution in [3.8, 4) is 5.75 Å². The summed E-state index contributed by atoms with van der Waals surface area (Å²) in [5, 5.41) is 0. The summed E-state index contributed by atoms with van der Waals surface area (Å²) in [6, 6.07) is 5.12. The average molecular weight is 300 g/mol. The molecule has 1 aliphatic rings. The van der Waals surface area contributed by atoms with E-state index in [0.29, 0.717) is 25.4 Å². The highest BCUT2D eigenvalue weighted by Crippen LogP contribution is 2.28. The van der Waals surface area contributed by atoms with Crippen molar-refractivity contribution in [1.29, 1.82) is 0 Å². The van der Waals surface area contributed by atoms with Crippen LogP contribution in [-0.4, -0.2) is 52.2 Å². The van der Waals surface area contributed by atoms with Crippen molar-refractivity contribution >= 4 is 10.0 Å². The summed E-state index contributed by atoms with van der Waals surface area (Å²) in [6.07, 6.45) is -0.255. The molecule has 2 rings (SSSR count). The van der Waals surface area contributed by atoms with Crippen LogP contribution in [0, 0.1) is 6.92 Å². The molecule has 7 heteroatoms. The van der Waals surface area contributed by atoms with E-state index in [0.717, 1.165) is 5.56 Å². The minimum atomic E-state index is -3.60. The number of methoxy groups -OCH3 is 1. The lowest BCUT2D eigenvalue weighted by Crippen LogP contribution is -2.48. The Balaban J connectivity index is 2.37. The highest BCUT2D eigenvalue weighted by Gasteiger charge is 2.32. The predicted octanol–water partition coefficient (Wildman–Crippen LogP) is 0.352. The first-order valence-electron chi connectivity index (χ1n) is 6.45. The Kier molecular flexibility index (Phi) is 4.64. The van der Waals surface area contributed by atoms with Gasteiger partial charge < -0.3 is 15.2 Å². The first kappa shape index (κ1) is 15.2. The minimum Gasteiger partial charge on any atom is -0.495 e. The molecule has 1 heterocycles. The lowest BCUT2D eigenvalue weighted by atomic mass is 10.2. The van der Waals surface area contributed by atoms with E-state index in [-0.39, 0.29) is 17.5 Å². The molecule has 0 radical (unpaired) electrons. The Labute approximate surface area is 119 Å². The molecular weight excluding hydrogens is 280 g/mol. The van der Waals surface area contributed by atoms with E-state index in [9.17, 15) is 8.42 Å². The molecule has 112 valence electrons. The summed E-state index contributed by atoms with van der Waals surface area (Å²) < 4.78 is 37.4. The van der Waals surface area contributed by atoms with Gasteiger partial charge in [-0.1, -0.05) is 6.07 Å². The molecule has 20 heavy (non-hydrogen) atoms. The van der Waals surface area contributed by atoms with E-state index >= 15 is 0 Å². The molecule has 1 unspecified atom stereocenters. The van der Waals surface area contributed by atoms with E-state index in [2.05, 4.69) is 0 Å². The highest BCUT2D eigenvalue weighted by atomic mass is 32.2. The van der Waals surface area contributed by atoms with Gasteiger partial charge in [-0.15, -0.1) is 0 Å². The molecule has 0 bridgehead atoms. The number of sulfonamides is 1. The summed E-state index contributed by atoms with van der Waals surface area (Å²) in [7, 11) is -2.13. The molecule has 6 nitrogen and oxygen atoms in total. The topological polar surface area (TPSA) is 81.9 Å².